The fraction of sp³-hybridized carbons (Fsp3) is 0.281. The van der Waals surface area contributed by atoms with Crippen LogP contribution in [0.5, 0.6) is 5.75 Å². The predicted molar refractivity (Wildman–Crippen MR) is 152 cm³/mol. The number of fused-ring (bicyclic) bond motifs is 2. The second kappa shape index (κ2) is 9.20. The minimum Gasteiger partial charge on any atom is -0.492 e. The minimum absolute atomic E-state index is 0.0708. The number of pyridine rings is 2. The van der Waals surface area contributed by atoms with Crippen molar-refractivity contribution in [1.82, 2.24) is 24.6 Å². The Bertz CT molecular complexity index is 1720. The van der Waals surface area contributed by atoms with Crippen LogP contribution in [-0.2, 0) is 5.54 Å². The Kier molecular flexibility index (Phi) is 5.63. The average Bonchev–Trinajstić information content (AvgIpc) is 3.57. The zero-order valence-corrected chi connectivity index (χ0v) is 22.2. The number of rotatable bonds is 7. The van der Waals surface area contributed by atoms with Crippen molar-refractivity contribution in [3.8, 4) is 16.9 Å². The Labute approximate surface area is 227 Å². The highest BCUT2D eigenvalue weighted by Gasteiger charge is 2.47. The number of likely N-dealkylation sites (tertiary alicyclic amines) is 1. The summed E-state index contributed by atoms with van der Waals surface area (Å²) in [6.07, 6.45) is 10.6. The van der Waals surface area contributed by atoms with E-state index in [4.69, 9.17) is 4.74 Å². The van der Waals surface area contributed by atoms with Crippen LogP contribution < -0.4 is 10.1 Å². The minimum atomic E-state index is -0.425. The van der Waals surface area contributed by atoms with Gasteiger partial charge in [0.05, 0.1) is 11.1 Å². The summed E-state index contributed by atoms with van der Waals surface area (Å²) in [5.41, 5.74) is 6.25. The molecule has 1 unspecified atom stereocenters. The van der Waals surface area contributed by atoms with Gasteiger partial charge in [0, 0.05) is 41.8 Å². The number of ether oxygens (including phenoxy) is 1. The maximum absolute atomic E-state index is 13.7. The monoisotopic (exact) mass is 517 g/mol. The van der Waals surface area contributed by atoms with E-state index in [-0.39, 0.29) is 5.91 Å². The maximum atomic E-state index is 13.7. The van der Waals surface area contributed by atoms with Crippen LogP contribution in [0.3, 0.4) is 0 Å². The molecule has 2 aliphatic rings. The third-order valence-corrected chi connectivity index (χ3v) is 8.40. The number of hydrogen-bond donors (Lipinski definition) is 1. The first-order valence-corrected chi connectivity index (χ1v) is 13.6. The second-order valence-corrected chi connectivity index (χ2v) is 11.0. The number of likely N-dealkylation sites (N-methyl/N-ethyl adjacent to an activating group) is 1. The van der Waals surface area contributed by atoms with Gasteiger partial charge in [0.2, 0.25) is 0 Å². The fourth-order valence-electron chi connectivity index (χ4n) is 5.62. The lowest BCUT2D eigenvalue weighted by atomic mass is 9.93. The molecule has 2 fully saturated rings. The third-order valence-electron chi connectivity index (χ3n) is 8.40. The van der Waals surface area contributed by atoms with Gasteiger partial charge >= 0.3 is 0 Å². The molecule has 1 N–H and O–H groups in total. The van der Waals surface area contributed by atoms with E-state index in [1.807, 2.05) is 54.0 Å². The van der Waals surface area contributed by atoms with E-state index < -0.39 is 5.54 Å². The lowest BCUT2D eigenvalue weighted by Gasteiger charge is -2.37. The van der Waals surface area contributed by atoms with Gasteiger partial charge in [0.25, 0.3) is 5.91 Å². The molecule has 0 radical (unpaired) electrons. The Morgan fingerprint density at radius 3 is 2.77 bits per heavy atom. The summed E-state index contributed by atoms with van der Waals surface area (Å²) < 4.78 is 8.09. The molecule has 196 valence electrons. The summed E-state index contributed by atoms with van der Waals surface area (Å²) in [5, 5.41) is 4.48. The molecule has 7 nitrogen and oxygen atoms in total. The molecular weight excluding hydrogens is 486 g/mol. The zero-order chi connectivity index (χ0) is 26.6. The predicted octanol–water partition coefficient (Wildman–Crippen LogP) is 5.36. The molecule has 3 aromatic heterocycles. The second-order valence-electron chi connectivity index (χ2n) is 11.0. The van der Waals surface area contributed by atoms with Crippen LogP contribution in [0.25, 0.3) is 27.7 Å². The molecule has 7 heteroatoms. The van der Waals surface area contributed by atoms with E-state index in [1.165, 1.54) is 0 Å². The number of imidazole rings is 1. The van der Waals surface area contributed by atoms with Gasteiger partial charge in [-0.1, -0.05) is 12.1 Å². The number of amides is 1. The molecule has 1 aliphatic heterocycles. The third kappa shape index (κ3) is 4.33. The van der Waals surface area contributed by atoms with Crippen molar-refractivity contribution in [3.63, 3.8) is 0 Å². The summed E-state index contributed by atoms with van der Waals surface area (Å²) in [6.45, 7) is 3.73. The number of aryl methyl sites for hydroxylation is 1. The SMILES string of the molecule is Cc1ccc(OCC2CCN2C)cc1C(=O)NC1(c2cc(-c3ccc4nccn4c3)cc3ncccc23)CC1. The first-order valence-electron chi connectivity index (χ1n) is 13.6. The molecule has 1 atom stereocenters. The summed E-state index contributed by atoms with van der Waals surface area (Å²) in [7, 11) is 2.12. The van der Waals surface area contributed by atoms with Gasteiger partial charge in [-0.25, -0.2) is 4.98 Å². The number of carbonyl (C=O) groups is 1. The zero-order valence-electron chi connectivity index (χ0n) is 22.2. The lowest BCUT2D eigenvalue weighted by Crippen LogP contribution is -2.48. The maximum Gasteiger partial charge on any atom is 0.252 e. The molecule has 1 saturated carbocycles. The fourth-order valence-corrected chi connectivity index (χ4v) is 5.62. The van der Waals surface area contributed by atoms with Gasteiger partial charge in [0.15, 0.2) is 0 Å². The number of nitrogens with zero attached hydrogens (tertiary/aromatic N) is 4. The summed E-state index contributed by atoms with van der Waals surface area (Å²) in [6, 6.07) is 18.8. The van der Waals surface area contributed by atoms with Crippen LogP contribution in [0.15, 0.2) is 79.4 Å². The summed E-state index contributed by atoms with van der Waals surface area (Å²) >= 11 is 0. The van der Waals surface area contributed by atoms with Gasteiger partial charge in [0.1, 0.15) is 18.0 Å². The van der Waals surface area contributed by atoms with Crippen molar-refractivity contribution < 1.29 is 9.53 Å². The average molecular weight is 518 g/mol. The van der Waals surface area contributed by atoms with E-state index in [9.17, 15) is 4.79 Å². The standard InChI is InChI=1S/C32H31N5O2/c1-21-5-7-25(39-20-24-9-14-36(24)2)18-27(21)31(38)35-32(10-11-32)28-16-23(17-29-26(28)4-3-12-33-29)22-6-8-30-34-13-15-37(30)19-22/h3-8,12-13,15-19,24H,9-11,14,20H2,1-2H3,(H,35,38). The number of nitrogens with one attached hydrogen (secondary N) is 1. The number of benzene rings is 2. The first-order chi connectivity index (χ1) is 19.0. The number of hydrogen-bond acceptors (Lipinski definition) is 5. The highest BCUT2D eigenvalue weighted by Crippen LogP contribution is 2.49. The molecule has 0 spiro atoms. The highest BCUT2D eigenvalue weighted by molar-refractivity contribution is 5.98. The van der Waals surface area contributed by atoms with Crippen molar-refractivity contribution in [2.45, 2.75) is 37.8 Å². The molecule has 5 aromatic rings. The van der Waals surface area contributed by atoms with E-state index in [0.29, 0.717) is 18.2 Å². The summed E-state index contributed by atoms with van der Waals surface area (Å²) in [5.74, 6) is 0.668. The molecule has 0 bridgehead atoms. The number of aromatic nitrogens is 3. The van der Waals surface area contributed by atoms with Crippen molar-refractivity contribution in [2.24, 2.45) is 0 Å². The normalized spacial score (nSPS) is 18.2. The Balaban J connectivity index is 1.21. The van der Waals surface area contributed by atoms with Gasteiger partial charge in [-0.3, -0.25) is 14.7 Å². The van der Waals surface area contributed by atoms with E-state index in [1.54, 1.807) is 6.20 Å². The van der Waals surface area contributed by atoms with Crippen LogP contribution >= 0.6 is 0 Å². The van der Waals surface area contributed by atoms with Crippen LogP contribution in [0, 0.1) is 6.92 Å². The van der Waals surface area contributed by atoms with E-state index >= 15 is 0 Å². The van der Waals surface area contributed by atoms with Gasteiger partial charge in [-0.05, 0) is 104 Å². The van der Waals surface area contributed by atoms with Gasteiger partial charge in [-0.2, -0.15) is 0 Å². The van der Waals surface area contributed by atoms with Crippen LogP contribution in [0.2, 0.25) is 0 Å². The van der Waals surface area contributed by atoms with E-state index in [2.05, 4.69) is 57.7 Å². The quantitative estimate of drug-likeness (QED) is 0.315. The smallest absolute Gasteiger partial charge is 0.252 e. The van der Waals surface area contributed by atoms with Crippen molar-refractivity contribution in [2.75, 3.05) is 20.2 Å². The van der Waals surface area contributed by atoms with Crippen molar-refractivity contribution in [1.29, 1.82) is 0 Å². The van der Waals surface area contributed by atoms with Gasteiger partial charge < -0.3 is 14.5 Å². The largest absolute Gasteiger partial charge is 0.492 e. The van der Waals surface area contributed by atoms with Gasteiger partial charge in [-0.15, -0.1) is 0 Å². The molecule has 7 rings (SSSR count). The molecule has 39 heavy (non-hydrogen) atoms. The Morgan fingerprint density at radius 1 is 1.08 bits per heavy atom. The van der Waals surface area contributed by atoms with Crippen LogP contribution in [-0.4, -0.2) is 51.4 Å². The first kappa shape index (κ1) is 23.9. The molecule has 1 saturated heterocycles. The molecule has 1 amide bonds. The van der Waals surface area contributed by atoms with Crippen molar-refractivity contribution in [3.05, 3.63) is 96.1 Å². The molecular formula is C32H31N5O2. The molecule has 1 aliphatic carbocycles. The summed E-state index contributed by atoms with van der Waals surface area (Å²) in [4.78, 5) is 25.1. The Morgan fingerprint density at radius 2 is 1.97 bits per heavy atom. The van der Waals surface area contributed by atoms with Crippen LogP contribution in [0.1, 0.15) is 40.7 Å². The van der Waals surface area contributed by atoms with Crippen LogP contribution in [0.4, 0.5) is 0 Å². The molecule has 4 heterocycles. The lowest BCUT2D eigenvalue weighted by molar-refractivity contribution is 0.0767. The number of carbonyl (C=O) groups excluding carboxylic acids is 1. The highest BCUT2D eigenvalue weighted by atomic mass is 16.5. The van der Waals surface area contributed by atoms with E-state index in [0.717, 1.165) is 70.4 Å². The Hall–Kier alpha value is -4.23. The topological polar surface area (TPSA) is 71.8 Å². The van der Waals surface area contributed by atoms with Crippen molar-refractivity contribution >= 4 is 22.5 Å². The molecule has 2 aromatic carbocycles.